The minimum absolute atomic E-state index is 0.0632. The Labute approximate surface area is 175 Å². The number of amides is 3. The molecule has 30 heavy (non-hydrogen) atoms. The zero-order valence-corrected chi connectivity index (χ0v) is 16.5. The van der Waals surface area contributed by atoms with E-state index in [0.29, 0.717) is 11.1 Å². The van der Waals surface area contributed by atoms with Gasteiger partial charge in [0.2, 0.25) is 5.91 Å². The lowest BCUT2D eigenvalue weighted by Gasteiger charge is -2.19. The fourth-order valence-electron chi connectivity index (χ4n) is 3.81. The summed E-state index contributed by atoms with van der Waals surface area (Å²) in [5.41, 5.74) is 2.97. The summed E-state index contributed by atoms with van der Waals surface area (Å²) in [5, 5.41) is 2.86. The number of hydrogen-bond acceptors (Lipinski definition) is 3. The van der Waals surface area contributed by atoms with Crippen molar-refractivity contribution in [2.45, 2.75) is 12.3 Å². The molecule has 5 heteroatoms. The molecule has 0 aliphatic carbocycles. The third kappa shape index (κ3) is 4.01. The number of carbonyl (C=O) groups is 3. The van der Waals surface area contributed by atoms with E-state index in [1.54, 1.807) is 24.3 Å². The van der Waals surface area contributed by atoms with Gasteiger partial charge in [0, 0.05) is 25.4 Å². The second kappa shape index (κ2) is 8.74. The van der Waals surface area contributed by atoms with Crippen molar-refractivity contribution in [3.63, 3.8) is 0 Å². The molecule has 0 atom stereocenters. The number of benzene rings is 3. The lowest BCUT2D eigenvalue weighted by atomic mass is 9.88. The highest BCUT2D eigenvalue weighted by atomic mass is 16.2. The minimum Gasteiger partial charge on any atom is -0.354 e. The predicted octanol–water partition coefficient (Wildman–Crippen LogP) is 3.62. The molecule has 0 radical (unpaired) electrons. The molecule has 0 spiro atoms. The van der Waals surface area contributed by atoms with Crippen molar-refractivity contribution >= 4 is 17.7 Å². The first-order chi connectivity index (χ1) is 14.6. The Balaban J connectivity index is 1.38. The van der Waals surface area contributed by atoms with Gasteiger partial charge in [-0.3, -0.25) is 19.3 Å². The maximum atomic E-state index is 12.7. The molecule has 0 aromatic heterocycles. The molecule has 1 heterocycles. The van der Waals surface area contributed by atoms with Crippen LogP contribution in [-0.2, 0) is 4.79 Å². The van der Waals surface area contributed by atoms with E-state index in [2.05, 4.69) is 5.32 Å². The smallest absolute Gasteiger partial charge is 0.261 e. The van der Waals surface area contributed by atoms with Gasteiger partial charge in [-0.1, -0.05) is 72.8 Å². The largest absolute Gasteiger partial charge is 0.354 e. The first-order valence-corrected chi connectivity index (χ1v) is 9.97. The molecule has 4 rings (SSSR count). The molecule has 0 unspecified atom stereocenters. The van der Waals surface area contributed by atoms with E-state index in [1.165, 1.54) is 4.90 Å². The minimum atomic E-state index is -0.309. The molecule has 1 aliphatic rings. The summed E-state index contributed by atoms with van der Waals surface area (Å²) in [5.74, 6) is -0.802. The van der Waals surface area contributed by atoms with Gasteiger partial charge in [-0.25, -0.2) is 0 Å². The third-order valence-corrected chi connectivity index (χ3v) is 5.33. The zero-order chi connectivity index (χ0) is 20.9. The van der Waals surface area contributed by atoms with Crippen LogP contribution in [0.2, 0.25) is 0 Å². The van der Waals surface area contributed by atoms with Crippen molar-refractivity contribution in [2.75, 3.05) is 13.1 Å². The topological polar surface area (TPSA) is 66.5 Å². The van der Waals surface area contributed by atoms with Crippen LogP contribution in [0.4, 0.5) is 0 Å². The Morgan fingerprint density at radius 3 is 1.70 bits per heavy atom. The van der Waals surface area contributed by atoms with Gasteiger partial charge in [0.15, 0.2) is 0 Å². The van der Waals surface area contributed by atoms with Gasteiger partial charge in [-0.05, 0) is 23.3 Å². The second-order valence-corrected chi connectivity index (χ2v) is 7.24. The lowest BCUT2D eigenvalue weighted by molar-refractivity contribution is -0.121. The van der Waals surface area contributed by atoms with Gasteiger partial charge < -0.3 is 5.32 Å². The maximum absolute atomic E-state index is 12.7. The Morgan fingerprint density at radius 2 is 1.20 bits per heavy atom. The fourth-order valence-corrected chi connectivity index (χ4v) is 3.81. The summed E-state index contributed by atoms with van der Waals surface area (Å²) in [6.45, 7) is 0.375. The molecule has 1 aliphatic heterocycles. The fraction of sp³-hybridized carbons (Fsp3) is 0.160. The van der Waals surface area contributed by atoms with Crippen LogP contribution in [0.1, 0.15) is 44.2 Å². The van der Waals surface area contributed by atoms with Crippen LogP contribution in [-0.4, -0.2) is 35.7 Å². The summed E-state index contributed by atoms with van der Waals surface area (Å²) in [6.07, 6.45) is 0.288. The highest BCUT2D eigenvalue weighted by Gasteiger charge is 2.34. The molecule has 0 fully saturated rings. The molecule has 5 nitrogen and oxygen atoms in total. The number of hydrogen-bond donors (Lipinski definition) is 1. The molecule has 150 valence electrons. The summed E-state index contributed by atoms with van der Waals surface area (Å²) in [7, 11) is 0. The molecule has 0 saturated heterocycles. The van der Waals surface area contributed by atoms with Gasteiger partial charge in [0.25, 0.3) is 11.8 Å². The van der Waals surface area contributed by atoms with Crippen LogP contribution in [0.25, 0.3) is 0 Å². The second-order valence-electron chi connectivity index (χ2n) is 7.24. The first kappa shape index (κ1) is 19.6. The van der Waals surface area contributed by atoms with Crippen molar-refractivity contribution in [1.82, 2.24) is 10.2 Å². The SMILES string of the molecule is O=C(CC(c1ccccc1)c1ccccc1)NCCN1C(=O)c2ccccc2C1=O. The Kier molecular flexibility index (Phi) is 5.70. The van der Waals surface area contributed by atoms with Gasteiger partial charge in [-0.15, -0.1) is 0 Å². The molecule has 0 bridgehead atoms. The number of imide groups is 1. The van der Waals surface area contributed by atoms with Crippen LogP contribution < -0.4 is 5.32 Å². The third-order valence-electron chi connectivity index (χ3n) is 5.33. The van der Waals surface area contributed by atoms with E-state index < -0.39 is 0 Å². The van der Waals surface area contributed by atoms with Crippen LogP contribution in [0.5, 0.6) is 0 Å². The number of rotatable bonds is 7. The van der Waals surface area contributed by atoms with Crippen LogP contribution in [0.3, 0.4) is 0 Å². The van der Waals surface area contributed by atoms with E-state index in [1.807, 2.05) is 60.7 Å². The van der Waals surface area contributed by atoms with Crippen molar-refractivity contribution in [3.8, 4) is 0 Å². The monoisotopic (exact) mass is 398 g/mol. The van der Waals surface area contributed by atoms with Crippen molar-refractivity contribution < 1.29 is 14.4 Å². The molecule has 0 saturated carbocycles. The van der Waals surface area contributed by atoms with Crippen molar-refractivity contribution in [1.29, 1.82) is 0 Å². The van der Waals surface area contributed by atoms with E-state index in [0.717, 1.165) is 11.1 Å². The van der Waals surface area contributed by atoms with Crippen molar-refractivity contribution in [2.24, 2.45) is 0 Å². The summed E-state index contributed by atoms with van der Waals surface area (Å²) in [6, 6.07) is 26.6. The average Bonchev–Trinajstić information content (AvgIpc) is 3.04. The van der Waals surface area contributed by atoms with E-state index in [9.17, 15) is 14.4 Å². The Hall–Kier alpha value is -3.73. The highest BCUT2D eigenvalue weighted by Crippen LogP contribution is 2.27. The molecule has 3 aromatic rings. The Morgan fingerprint density at radius 1 is 0.733 bits per heavy atom. The lowest BCUT2D eigenvalue weighted by Crippen LogP contribution is -2.38. The molecule has 3 aromatic carbocycles. The molecular formula is C25H22N2O3. The maximum Gasteiger partial charge on any atom is 0.261 e. The van der Waals surface area contributed by atoms with Crippen LogP contribution in [0.15, 0.2) is 84.9 Å². The normalized spacial score (nSPS) is 12.9. The van der Waals surface area contributed by atoms with E-state index in [4.69, 9.17) is 0 Å². The Bertz CT molecular complexity index is 990. The number of fused-ring (bicyclic) bond motifs is 1. The average molecular weight is 398 g/mol. The number of nitrogens with zero attached hydrogens (tertiary/aromatic N) is 1. The summed E-state index contributed by atoms with van der Waals surface area (Å²) >= 11 is 0. The van der Waals surface area contributed by atoms with Crippen LogP contribution >= 0.6 is 0 Å². The predicted molar refractivity (Wildman–Crippen MR) is 114 cm³/mol. The highest BCUT2D eigenvalue weighted by molar-refractivity contribution is 6.21. The van der Waals surface area contributed by atoms with Gasteiger partial charge in [0.05, 0.1) is 11.1 Å². The quantitative estimate of drug-likeness (QED) is 0.618. The summed E-state index contributed by atoms with van der Waals surface area (Å²) in [4.78, 5) is 38.7. The van der Waals surface area contributed by atoms with Gasteiger partial charge in [0.1, 0.15) is 0 Å². The van der Waals surface area contributed by atoms with Gasteiger partial charge >= 0.3 is 0 Å². The molecular weight excluding hydrogens is 376 g/mol. The standard InChI is InChI=1S/C25H22N2O3/c28-23(17-22(18-9-3-1-4-10-18)19-11-5-2-6-12-19)26-15-16-27-24(29)20-13-7-8-14-21(20)25(27)30/h1-14,22H,15-17H2,(H,26,28). The number of carbonyl (C=O) groups excluding carboxylic acids is 3. The molecule has 1 N–H and O–H groups in total. The first-order valence-electron chi connectivity index (χ1n) is 9.97. The van der Waals surface area contributed by atoms with E-state index >= 15 is 0 Å². The van der Waals surface area contributed by atoms with Gasteiger partial charge in [-0.2, -0.15) is 0 Å². The van der Waals surface area contributed by atoms with Crippen LogP contribution in [0, 0.1) is 0 Å². The van der Waals surface area contributed by atoms with Crippen molar-refractivity contribution in [3.05, 3.63) is 107 Å². The number of nitrogens with one attached hydrogen (secondary N) is 1. The van der Waals surface area contributed by atoms with E-state index in [-0.39, 0.29) is 43.1 Å². The zero-order valence-electron chi connectivity index (χ0n) is 16.5. The molecule has 3 amide bonds. The summed E-state index contributed by atoms with van der Waals surface area (Å²) < 4.78 is 0.